The third-order valence-electron chi connectivity index (χ3n) is 6.24. The first-order valence-electron chi connectivity index (χ1n) is 12.1. The first-order chi connectivity index (χ1) is 17.8. The van der Waals surface area contributed by atoms with E-state index in [0.29, 0.717) is 12.2 Å². The lowest BCUT2D eigenvalue weighted by atomic mass is 10.00. The Morgan fingerprint density at radius 2 is 1.87 bits per heavy atom. The van der Waals surface area contributed by atoms with Gasteiger partial charge in [0.1, 0.15) is 17.1 Å². The van der Waals surface area contributed by atoms with Gasteiger partial charge in [-0.2, -0.15) is 0 Å². The maximum atomic E-state index is 15.3. The van der Waals surface area contributed by atoms with E-state index >= 15 is 4.39 Å². The van der Waals surface area contributed by atoms with Gasteiger partial charge in [-0.1, -0.05) is 13.0 Å². The van der Waals surface area contributed by atoms with Crippen LogP contribution in [0.15, 0.2) is 36.5 Å². The van der Waals surface area contributed by atoms with E-state index in [0.717, 1.165) is 24.9 Å². The van der Waals surface area contributed by atoms with Gasteiger partial charge in [0.15, 0.2) is 17.4 Å². The molecule has 0 radical (unpaired) electrons. The Labute approximate surface area is 220 Å². The summed E-state index contributed by atoms with van der Waals surface area (Å²) in [6, 6.07) is 6.98. The predicted molar refractivity (Wildman–Crippen MR) is 141 cm³/mol. The highest BCUT2D eigenvalue weighted by molar-refractivity contribution is 7.88. The molecule has 1 aliphatic heterocycles. The van der Waals surface area contributed by atoms with Gasteiger partial charge in [0.25, 0.3) is 0 Å². The minimum atomic E-state index is -3.48. The van der Waals surface area contributed by atoms with Crippen LogP contribution in [0.3, 0.4) is 0 Å². The van der Waals surface area contributed by atoms with Gasteiger partial charge in [0, 0.05) is 29.4 Å². The number of benzene rings is 2. The van der Waals surface area contributed by atoms with Crippen LogP contribution in [0.25, 0.3) is 11.3 Å². The number of aromatic nitrogens is 2. The van der Waals surface area contributed by atoms with Crippen molar-refractivity contribution >= 4 is 27.3 Å². The van der Waals surface area contributed by atoms with Crippen LogP contribution < -0.4 is 19.7 Å². The van der Waals surface area contributed by atoms with Crippen LogP contribution in [0.4, 0.5) is 30.5 Å². The average Bonchev–Trinajstić information content (AvgIpc) is 2.83. The first kappa shape index (κ1) is 27.6. The largest absolute Gasteiger partial charge is 0.481 e. The van der Waals surface area contributed by atoms with Crippen LogP contribution in [0.2, 0.25) is 0 Å². The number of ether oxygens (including phenoxy) is 1. The zero-order chi connectivity index (χ0) is 27.8. The van der Waals surface area contributed by atoms with E-state index in [1.54, 1.807) is 6.07 Å². The lowest BCUT2D eigenvalue weighted by Gasteiger charge is -2.44. The van der Waals surface area contributed by atoms with Crippen molar-refractivity contribution in [2.24, 2.45) is 0 Å². The highest BCUT2D eigenvalue weighted by Crippen LogP contribution is 2.43. The van der Waals surface area contributed by atoms with Crippen molar-refractivity contribution in [1.82, 2.24) is 14.7 Å². The Kier molecular flexibility index (Phi) is 7.57. The molecule has 1 aliphatic rings. The van der Waals surface area contributed by atoms with Crippen molar-refractivity contribution in [2.75, 3.05) is 23.0 Å². The normalized spacial score (nSPS) is 15.5. The van der Waals surface area contributed by atoms with Gasteiger partial charge in [-0.25, -0.2) is 36.3 Å². The minimum Gasteiger partial charge on any atom is -0.481 e. The molecule has 2 heterocycles. The Morgan fingerprint density at radius 3 is 2.53 bits per heavy atom. The molecule has 0 bridgehead atoms. The number of nitrogens with zero attached hydrogens (tertiary/aromatic N) is 3. The molecule has 2 aromatic carbocycles. The van der Waals surface area contributed by atoms with Gasteiger partial charge in [0.2, 0.25) is 16.0 Å². The highest BCUT2D eigenvalue weighted by atomic mass is 32.2. The fourth-order valence-corrected chi connectivity index (χ4v) is 4.60. The SMILES string of the molecule is CCC(C)N1CC(C)(C)Oc2c(F)cc(-c3nc(Nc4ccc(CNS(C)(=O)=O)c(F)c4)ncc3F)cc21. The molecule has 1 aromatic heterocycles. The Hall–Kier alpha value is -3.38. The van der Waals surface area contributed by atoms with Gasteiger partial charge < -0.3 is 15.0 Å². The van der Waals surface area contributed by atoms with E-state index < -0.39 is 33.1 Å². The smallest absolute Gasteiger partial charge is 0.227 e. The van der Waals surface area contributed by atoms with Crippen LogP contribution >= 0.6 is 0 Å². The van der Waals surface area contributed by atoms with Crippen molar-refractivity contribution < 1.29 is 26.3 Å². The first-order valence-corrected chi connectivity index (χ1v) is 14.0. The van der Waals surface area contributed by atoms with Crippen molar-refractivity contribution in [3.8, 4) is 17.0 Å². The third kappa shape index (κ3) is 6.18. The maximum Gasteiger partial charge on any atom is 0.227 e. The van der Waals surface area contributed by atoms with E-state index in [2.05, 4.69) is 20.0 Å². The molecular weight excluding hydrogens is 519 g/mol. The zero-order valence-corrected chi connectivity index (χ0v) is 22.6. The second kappa shape index (κ2) is 10.4. The molecule has 3 aromatic rings. The number of hydrogen-bond acceptors (Lipinski definition) is 7. The maximum absolute atomic E-state index is 15.3. The van der Waals surface area contributed by atoms with Crippen LogP contribution in [0.5, 0.6) is 5.75 Å². The van der Waals surface area contributed by atoms with Gasteiger partial charge in [-0.15, -0.1) is 0 Å². The molecule has 0 spiro atoms. The summed E-state index contributed by atoms with van der Waals surface area (Å²) >= 11 is 0. The second-order valence-corrected chi connectivity index (χ2v) is 11.8. The number of nitrogens with one attached hydrogen (secondary N) is 2. The summed E-state index contributed by atoms with van der Waals surface area (Å²) < 4.78 is 75.3. The lowest BCUT2D eigenvalue weighted by Crippen LogP contribution is -2.50. The number of fused-ring (bicyclic) bond motifs is 1. The number of sulfonamides is 1. The van der Waals surface area contributed by atoms with E-state index in [1.165, 1.54) is 18.2 Å². The summed E-state index contributed by atoms with van der Waals surface area (Å²) in [4.78, 5) is 10.2. The summed E-state index contributed by atoms with van der Waals surface area (Å²) in [5.41, 5.74) is 0.381. The standard InChI is InChI=1S/C26H30F3N5O3S/c1-6-15(2)34-14-26(3,4)37-24-20(28)9-17(10-22(24)34)23-21(29)13-30-25(33-23)32-18-8-7-16(19(27)11-18)12-31-38(5,35)36/h7-11,13,15,31H,6,12,14H2,1-5H3,(H,30,32,33). The van der Waals surface area contributed by atoms with Gasteiger partial charge >= 0.3 is 0 Å². The Morgan fingerprint density at radius 1 is 1.13 bits per heavy atom. The fourth-order valence-electron chi connectivity index (χ4n) is 4.18. The van der Waals surface area contributed by atoms with Crippen molar-refractivity contribution in [2.45, 2.75) is 52.3 Å². The van der Waals surface area contributed by atoms with Crippen LogP contribution in [0, 0.1) is 17.5 Å². The molecule has 204 valence electrons. The second-order valence-electron chi connectivity index (χ2n) is 9.97. The molecule has 1 unspecified atom stereocenters. The number of anilines is 3. The molecule has 0 aliphatic carbocycles. The zero-order valence-electron chi connectivity index (χ0n) is 21.8. The Bertz CT molecular complexity index is 1470. The predicted octanol–water partition coefficient (Wildman–Crippen LogP) is 5.13. The molecule has 8 nitrogen and oxygen atoms in total. The van der Waals surface area contributed by atoms with E-state index in [-0.39, 0.29) is 46.8 Å². The highest BCUT2D eigenvalue weighted by Gasteiger charge is 2.36. The molecule has 0 saturated carbocycles. The summed E-state index contributed by atoms with van der Waals surface area (Å²) in [7, 11) is -3.48. The van der Waals surface area contributed by atoms with Crippen LogP contribution in [0.1, 0.15) is 39.7 Å². The van der Waals surface area contributed by atoms with Crippen LogP contribution in [-0.2, 0) is 16.6 Å². The summed E-state index contributed by atoms with van der Waals surface area (Å²) in [6.07, 6.45) is 2.75. The Balaban J connectivity index is 1.66. The number of halogens is 3. The lowest BCUT2D eigenvalue weighted by molar-refractivity contribution is 0.0960. The molecule has 0 saturated heterocycles. The third-order valence-corrected chi connectivity index (χ3v) is 6.91. The van der Waals surface area contributed by atoms with E-state index in [1.807, 2.05) is 32.6 Å². The topological polar surface area (TPSA) is 96.5 Å². The summed E-state index contributed by atoms with van der Waals surface area (Å²) in [5, 5.41) is 2.81. The molecule has 2 N–H and O–H groups in total. The van der Waals surface area contributed by atoms with Crippen molar-refractivity contribution in [3.05, 3.63) is 59.5 Å². The van der Waals surface area contributed by atoms with Crippen molar-refractivity contribution in [1.29, 1.82) is 0 Å². The summed E-state index contributed by atoms with van der Waals surface area (Å²) in [6.45, 7) is 8.16. The number of hydrogen-bond donors (Lipinski definition) is 2. The molecule has 1 atom stereocenters. The molecule has 38 heavy (non-hydrogen) atoms. The van der Waals surface area contributed by atoms with E-state index in [4.69, 9.17) is 4.74 Å². The van der Waals surface area contributed by atoms with Gasteiger partial charge in [-0.05, 0) is 51.5 Å². The monoisotopic (exact) mass is 549 g/mol. The molecule has 0 fully saturated rings. The van der Waals surface area contributed by atoms with E-state index in [9.17, 15) is 17.2 Å². The van der Waals surface area contributed by atoms with Gasteiger partial charge in [-0.3, -0.25) is 0 Å². The fraction of sp³-hybridized carbons (Fsp3) is 0.385. The minimum absolute atomic E-state index is 0.0305. The average molecular weight is 550 g/mol. The molecule has 0 amide bonds. The van der Waals surface area contributed by atoms with Crippen molar-refractivity contribution in [3.63, 3.8) is 0 Å². The molecule has 4 rings (SSSR count). The number of rotatable bonds is 8. The van der Waals surface area contributed by atoms with Crippen LogP contribution in [-0.4, -0.2) is 42.8 Å². The quantitative estimate of drug-likeness (QED) is 0.402. The van der Waals surface area contributed by atoms with Gasteiger partial charge in [0.05, 0.1) is 24.7 Å². The molecule has 12 heteroatoms. The summed E-state index contributed by atoms with van der Waals surface area (Å²) in [5.74, 6) is -1.96. The molecular formula is C26H30F3N5O3S.